The topological polar surface area (TPSA) is 66.4 Å². The summed E-state index contributed by atoms with van der Waals surface area (Å²) in [6, 6.07) is 5.48. The van der Waals surface area contributed by atoms with E-state index in [0.29, 0.717) is 18.5 Å². The van der Waals surface area contributed by atoms with Gasteiger partial charge in [0.1, 0.15) is 0 Å². The maximum absolute atomic E-state index is 12.0. The third-order valence-electron chi connectivity index (χ3n) is 3.52. The van der Waals surface area contributed by atoms with Crippen molar-refractivity contribution in [2.75, 3.05) is 6.54 Å². The van der Waals surface area contributed by atoms with Crippen LogP contribution in [0.5, 0.6) is 0 Å². The molecule has 0 fully saturated rings. The van der Waals surface area contributed by atoms with E-state index in [1.807, 2.05) is 32.9 Å². The number of amides is 1. The first-order valence-electron chi connectivity index (χ1n) is 6.97. The standard InChI is InChI=1S/C16H22BrNO3/c1-11-10-12(4-5-13(11)17)15(21)18-9-8-16(2,3)7-6-14(19)20/h4-5,10H,6-9H2,1-3H3,(H,18,21)(H,19,20). The molecule has 1 amide bonds. The number of aryl methyl sites for hydroxylation is 1. The molecule has 4 nitrogen and oxygen atoms in total. The minimum Gasteiger partial charge on any atom is -0.481 e. The van der Waals surface area contributed by atoms with E-state index in [9.17, 15) is 9.59 Å². The van der Waals surface area contributed by atoms with Gasteiger partial charge < -0.3 is 10.4 Å². The molecule has 0 radical (unpaired) electrons. The zero-order valence-corrected chi connectivity index (χ0v) is 14.3. The molecule has 116 valence electrons. The van der Waals surface area contributed by atoms with Gasteiger partial charge in [-0.3, -0.25) is 9.59 Å². The van der Waals surface area contributed by atoms with Gasteiger partial charge in [-0.15, -0.1) is 0 Å². The van der Waals surface area contributed by atoms with Gasteiger partial charge in [0.2, 0.25) is 0 Å². The van der Waals surface area contributed by atoms with E-state index in [4.69, 9.17) is 5.11 Å². The highest BCUT2D eigenvalue weighted by Crippen LogP contribution is 2.26. The van der Waals surface area contributed by atoms with Gasteiger partial charge in [0.05, 0.1) is 0 Å². The first-order valence-corrected chi connectivity index (χ1v) is 7.77. The molecular weight excluding hydrogens is 334 g/mol. The van der Waals surface area contributed by atoms with Crippen LogP contribution in [0, 0.1) is 12.3 Å². The number of carboxylic acid groups (broad SMARTS) is 1. The summed E-state index contributed by atoms with van der Waals surface area (Å²) in [4.78, 5) is 22.6. The first-order chi connectivity index (χ1) is 9.71. The van der Waals surface area contributed by atoms with Crippen LogP contribution >= 0.6 is 15.9 Å². The molecule has 0 saturated carbocycles. The summed E-state index contributed by atoms with van der Waals surface area (Å²) in [7, 11) is 0. The van der Waals surface area contributed by atoms with E-state index in [0.717, 1.165) is 16.5 Å². The Morgan fingerprint density at radius 3 is 2.52 bits per heavy atom. The molecule has 1 rings (SSSR count). The largest absolute Gasteiger partial charge is 0.481 e. The Morgan fingerprint density at radius 1 is 1.29 bits per heavy atom. The fourth-order valence-electron chi connectivity index (χ4n) is 1.97. The Morgan fingerprint density at radius 2 is 1.95 bits per heavy atom. The fraction of sp³-hybridized carbons (Fsp3) is 0.500. The zero-order chi connectivity index (χ0) is 16.0. The number of rotatable bonds is 7. The van der Waals surface area contributed by atoms with Gasteiger partial charge in [0, 0.05) is 23.0 Å². The molecule has 0 aliphatic heterocycles. The third-order valence-corrected chi connectivity index (χ3v) is 4.41. The highest BCUT2D eigenvalue weighted by atomic mass is 79.9. The predicted molar refractivity (Wildman–Crippen MR) is 86.5 cm³/mol. The molecular formula is C16H22BrNO3. The molecule has 0 aliphatic carbocycles. The maximum atomic E-state index is 12.0. The summed E-state index contributed by atoms with van der Waals surface area (Å²) in [6.45, 7) is 6.52. The molecule has 0 aromatic heterocycles. The smallest absolute Gasteiger partial charge is 0.303 e. The average Bonchev–Trinajstić information content (AvgIpc) is 2.39. The van der Waals surface area contributed by atoms with Gasteiger partial charge in [-0.25, -0.2) is 0 Å². The lowest BCUT2D eigenvalue weighted by atomic mass is 9.84. The molecule has 0 saturated heterocycles. The van der Waals surface area contributed by atoms with Crippen LogP contribution in [0.2, 0.25) is 0 Å². The molecule has 0 atom stereocenters. The normalized spacial score (nSPS) is 11.2. The van der Waals surface area contributed by atoms with Crippen molar-refractivity contribution in [1.29, 1.82) is 0 Å². The Labute approximate surface area is 134 Å². The summed E-state index contributed by atoms with van der Waals surface area (Å²) in [6.07, 6.45) is 1.52. The van der Waals surface area contributed by atoms with Crippen LogP contribution in [0.3, 0.4) is 0 Å². The van der Waals surface area contributed by atoms with E-state index >= 15 is 0 Å². The number of carbonyl (C=O) groups excluding carboxylic acids is 1. The fourth-order valence-corrected chi connectivity index (χ4v) is 2.22. The highest BCUT2D eigenvalue weighted by Gasteiger charge is 2.19. The van der Waals surface area contributed by atoms with Crippen LogP contribution < -0.4 is 5.32 Å². The molecule has 0 aliphatic rings. The molecule has 1 aromatic carbocycles. The van der Waals surface area contributed by atoms with Gasteiger partial charge >= 0.3 is 5.97 Å². The molecule has 5 heteroatoms. The number of carboxylic acids is 1. The number of halogens is 1. The molecule has 0 bridgehead atoms. The van der Waals surface area contributed by atoms with E-state index in [-0.39, 0.29) is 17.7 Å². The van der Waals surface area contributed by atoms with E-state index in [1.165, 1.54) is 0 Å². The number of benzene rings is 1. The summed E-state index contributed by atoms with van der Waals surface area (Å²) in [5.74, 6) is -0.878. The van der Waals surface area contributed by atoms with Gasteiger partial charge in [-0.05, 0) is 48.9 Å². The molecule has 2 N–H and O–H groups in total. The second kappa shape index (κ2) is 7.59. The first kappa shape index (κ1) is 17.7. The Balaban J connectivity index is 2.46. The van der Waals surface area contributed by atoms with Crippen LogP contribution in [0.1, 0.15) is 49.0 Å². The maximum Gasteiger partial charge on any atom is 0.303 e. The lowest BCUT2D eigenvalue weighted by Gasteiger charge is -2.23. The van der Waals surface area contributed by atoms with Crippen molar-refractivity contribution < 1.29 is 14.7 Å². The number of carbonyl (C=O) groups is 2. The minimum atomic E-state index is -0.780. The van der Waals surface area contributed by atoms with Crippen LogP contribution in [0.15, 0.2) is 22.7 Å². The van der Waals surface area contributed by atoms with Crippen molar-refractivity contribution in [3.63, 3.8) is 0 Å². The van der Waals surface area contributed by atoms with E-state index < -0.39 is 5.97 Å². The second-order valence-electron chi connectivity index (χ2n) is 6.03. The molecule has 1 aromatic rings. The number of nitrogens with one attached hydrogen (secondary N) is 1. The monoisotopic (exact) mass is 355 g/mol. The van der Waals surface area contributed by atoms with E-state index in [2.05, 4.69) is 21.2 Å². The molecule has 0 spiro atoms. The van der Waals surface area contributed by atoms with Crippen molar-refractivity contribution in [2.45, 2.75) is 40.0 Å². The molecule has 0 heterocycles. The summed E-state index contributed by atoms with van der Waals surface area (Å²) in [5, 5.41) is 11.6. The minimum absolute atomic E-state index is 0.0959. The van der Waals surface area contributed by atoms with Crippen LogP contribution in [0.25, 0.3) is 0 Å². The second-order valence-corrected chi connectivity index (χ2v) is 6.88. The highest BCUT2D eigenvalue weighted by molar-refractivity contribution is 9.10. The van der Waals surface area contributed by atoms with Gasteiger partial charge in [0.15, 0.2) is 0 Å². The number of aliphatic carboxylic acids is 1. The zero-order valence-electron chi connectivity index (χ0n) is 12.7. The summed E-state index contributed by atoms with van der Waals surface area (Å²) < 4.78 is 0.980. The van der Waals surface area contributed by atoms with Crippen LogP contribution in [-0.2, 0) is 4.79 Å². The van der Waals surface area contributed by atoms with Crippen molar-refractivity contribution in [1.82, 2.24) is 5.32 Å². The van der Waals surface area contributed by atoms with Gasteiger partial charge in [-0.1, -0.05) is 29.8 Å². The SMILES string of the molecule is Cc1cc(C(=O)NCCC(C)(C)CCC(=O)O)ccc1Br. The van der Waals surface area contributed by atoms with E-state index in [1.54, 1.807) is 6.07 Å². The van der Waals surface area contributed by atoms with Crippen molar-refractivity contribution in [3.05, 3.63) is 33.8 Å². The number of hydrogen-bond donors (Lipinski definition) is 2. The predicted octanol–water partition coefficient (Wildman–Crippen LogP) is 3.77. The molecule has 0 unspecified atom stereocenters. The quantitative estimate of drug-likeness (QED) is 0.782. The van der Waals surface area contributed by atoms with Crippen molar-refractivity contribution >= 4 is 27.8 Å². The molecule has 21 heavy (non-hydrogen) atoms. The van der Waals surface area contributed by atoms with Crippen LogP contribution in [-0.4, -0.2) is 23.5 Å². The Hall–Kier alpha value is -1.36. The Kier molecular flexibility index (Phi) is 6.40. The number of hydrogen-bond acceptors (Lipinski definition) is 2. The average molecular weight is 356 g/mol. The Bertz CT molecular complexity index is 526. The van der Waals surface area contributed by atoms with Crippen molar-refractivity contribution in [2.24, 2.45) is 5.41 Å². The third kappa shape index (κ3) is 6.29. The van der Waals surface area contributed by atoms with Gasteiger partial charge in [-0.2, -0.15) is 0 Å². The van der Waals surface area contributed by atoms with Crippen molar-refractivity contribution in [3.8, 4) is 0 Å². The summed E-state index contributed by atoms with van der Waals surface area (Å²) in [5.41, 5.74) is 1.56. The van der Waals surface area contributed by atoms with Crippen LogP contribution in [0.4, 0.5) is 0 Å². The lowest BCUT2D eigenvalue weighted by Crippen LogP contribution is -2.28. The summed E-state index contributed by atoms with van der Waals surface area (Å²) >= 11 is 3.41. The lowest BCUT2D eigenvalue weighted by molar-refractivity contribution is -0.137. The van der Waals surface area contributed by atoms with Gasteiger partial charge in [0.25, 0.3) is 5.91 Å².